The molecule has 0 saturated heterocycles. The van der Waals surface area contributed by atoms with Crippen molar-refractivity contribution in [2.45, 2.75) is 6.54 Å². The maximum Gasteiger partial charge on any atom is 0.328 e. The minimum atomic E-state index is -0.646. The number of halogens is 2. The smallest absolute Gasteiger partial charge is 0.328 e. The number of aromatic nitrogens is 2. The average molecular weight is 314 g/mol. The summed E-state index contributed by atoms with van der Waals surface area (Å²) < 4.78 is 15.3. The first-order valence-electron chi connectivity index (χ1n) is 5.00. The molecule has 0 bridgehead atoms. The molecule has 0 radical (unpaired) electrons. The van der Waals surface area contributed by atoms with E-state index in [4.69, 9.17) is 5.73 Å². The molecular formula is C11H9BrFN3O2. The molecule has 0 fully saturated rings. The summed E-state index contributed by atoms with van der Waals surface area (Å²) in [6.45, 7) is -0.00106. The number of aromatic amines is 1. The number of H-pyrrole nitrogens is 1. The van der Waals surface area contributed by atoms with E-state index in [1.54, 1.807) is 12.1 Å². The van der Waals surface area contributed by atoms with Crippen molar-refractivity contribution in [3.05, 3.63) is 61.1 Å². The van der Waals surface area contributed by atoms with E-state index in [1.165, 1.54) is 12.3 Å². The first-order valence-corrected chi connectivity index (χ1v) is 5.80. The summed E-state index contributed by atoms with van der Waals surface area (Å²) in [5.74, 6) is -0.443. The first-order chi connectivity index (χ1) is 8.47. The summed E-state index contributed by atoms with van der Waals surface area (Å²) in [4.78, 5) is 24.6. The predicted octanol–water partition coefficient (Wildman–Crippen LogP) is 1.07. The highest BCUT2D eigenvalue weighted by Crippen LogP contribution is 2.15. The van der Waals surface area contributed by atoms with Crippen LogP contribution in [0.15, 0.2) is 38.5 Å². The Kier molecular flexibility index (Phi) is 3.33. The number of hydrogen-bond acceptors (Lipinski definition) is 3. The van der Waals surface area contributed by atoms with Crippen molar-refractivity contribution in [2.75, 3.05) is 5.73 Å². The molecule has 0 aliphatic heterocycles. The average Bonchev–Trinajstić information content (AvgIpc) is 2.29. The van der Waals surface area contributed by atoms with E-state index in [-0.39, 0.29) is 12.2 Å². The molecule has 7 heteroatoms. The Bertz CT molecular complexity index is 708. The van der Waals surface area contributed by atoms with Crippen molar-refractivity contribution < 1.29 is 4.39 Å². The van der Waals surface area contributed by atoms with E-state index in [0.717, 1.165) is 4.57 Å². The van der Waals surface area contributed by atoms with Gasteiger partial charge in [0.15, 0.2) is 0 Å². The maximum atomic E-state index is 13.6. The van der Waals surface area contributed by atoms with Gasteiger partial charge in [0.25, 0.3) is 5.56 Å². The molecule has 5 nitrogen and oxygen atoms in total. The molecule has 1 aromatic heterocycles. The lowest BCUT2D eigenvalue weighted by Gasteiger charge is -2.07. The van der Waals surface area contributed by atoms with Crippen LogP contribution in [-0.2, 0) is 6.54 Å². The normalized spacial score (nSPS) is 10.6. The van der Waals surface area contributed by atoms with Crippen molar-refractivity contribution in [3.8, 4) is 0 Å². The SMILES string of the molecule is Nc1cn(Cc2ccc(Br)cc2F)c(=O)[nH]c1=O. The Balaban J connectivity index is 2.43. The molecule has 18 heavy (non-hydrogen) atoms. The van der Waals surface area contributed by atoms with Crippen LogP contribution >= 0.6 is 15.9 Å². The van der Waals surface area contributed by atoms with Gasteiger partial charge in [-0.3, -0.25) is 14.3 Å². The Hall–Kier alpha value is -1.89. The highest BCUT2D eigenvalue weighted by atomic mass is 79.9. The second-order valence-corrected chi connectivity index (χ2v) is 4.62. The number of nitrogens with one attached hydrogen (secondary N) is 1. The molecule has 2 rings (SSSR count). The molecule has 1 heterocycles. The van der Waals surface area contributed by atoms with Crippen molar-refractivity contribution >= 4 is 21.6 Å². The number of nitrogen functional groups attached to an aromatic ring is 1. The van der Waals surface area contributed by atoms with E-state index in [9.17, 15) is 14.0 Å². The third-order valence-corrected chi connectivity index (χ3v) is 2.89. The molecular weight excluding hydrogens is 305 g/mol. The zero-order valence-corrected chi connectivity index (χ0v) is 10.7. The van der Waals surface area contributed by atoms with Crippen LogP contribution in [-0.4, -0.2) is 9.55 Å². The Labute approximate surface area is 109 Å². The van der Waals surface area contributed by atoms with Gasteiger partial charge in [-0.25, -0.2) is 9.18 Å². The van der Waals surface area contributed by atoms with Gasteiger partial charge in [-0.05, 0) is 12.1 Å². The summed E-state index contributed by atoms with van der Waals surface area (Å²) in [5.41, 5.74) is 4.36. The summed E-state index contributed by atoms with van der Waals surface area (Å²) in [6.07, 6.45) is 1.20. The van der Waals surface area contributed by atoms with Crippen molar-refractivity contribution in [1.29, 1.82) is 0 Å². The van der Waals surface area contributed by atoms with Gasteiger partial charge in [0, 0.05) is 16.2 Å². The molecule has 0 atom stereocenters. The van der Waals surface area contributed by atoms with E-state index < -0.39 is 17.1 Å². The van der Waals surface area contributed by atoms with Crippen LogP contribution in [0.25, 0.3) is 0 Å². The van der Waals surface area contributed by atoms with E-state index in [1.807, 2.05) is 0 Å². The quantitative estimate of drug-likeness (QED) is 0.870. The predicted molar refractivity (Wildman–Crippen MR) is 68.9 cm³/mol. The summed E-state index contributed by atoms with van der Waals surface area (Å²) in [7, 11) is 0. The highest BCUT2D eigenvalue weighted by molar-refractivity contribution is 9.10. The molecule has 3 N–H and O–H groups in total. The standard InChI is InChI=1S/C11H9BrFN3O2/c12-7-2-1-6(8(13)3-7)4-16-5-9(14)10(17)15-11(16)18/h1-3,5H,4,14H2,(H,15,17,18). The molecule has 94 valence electrons. The summed E-state index contributed by atoms with van der Waals surface area (Å²) >= 11 is 3.14. The molecule has 0 spiro atoms. The van der Waals surface area contributed by atoms with Crippen molar-refractivity contribution in [2.24, 2.45) is 0 Å². The van der Waals surface area contributed by atoms with Gasteiger partial charge in [0.05, 0.1) is 6.54 Å². The monoisotopic (exact) mass is 313 g/mol. The zero-order chi connectivity index (χ0) is 13.3. The lowest BCUT2D eigenvalue weighted by Crippen LogP contribution is -2.31. The maximum absolute atomic E-state index is 13.6. The number of anilines is 1. The van der Waals surface area contributed by atoms with Crippen LogP contribution in [0.5, 0.6) is 0 Å². The molecule has 0 saturated carbocycles. The van der Waals surface area contributed by atoms with E-state index in [2.05, 4.69) is 20.9 Å². The Morgan fingerprint density at radius 1 is 1.39 bits per heavy atom. The third-order valence-electron chi connectivity index (χ3n) is 2.39. The van der Waals surface area contributed by atoms with Gasteiger partial charge in [-0.2, -0.15) is 0 Å². The second kappa shape index (κ2) is 4.77. The fourth-order valence-electron chi connectivity index (χ4n) is 1.48. The number of benzene rings is 1. The number of nitrogens with two attached hydrogens (primary N) is 1. The van der Waals surface area contributed by atoms with Gasteiger partial charge < -0.3 is 5.73 Å². The number of rotatable bonds is 2. The number of hydrogen-bond donors (Lipinski definition) is 2. The fourth-order valence-corrected chi connectivity index (χ4v) is 1.81. The van der Waals surface area contributed by atoms with Crippen molar-refractivity contribution in [1.82, 2.24) is 9.55 Å². The highest BCUT2D eigenvalue weighted by Gasteiger charge is 2.06. The second-order valence-electron chi connectivity index (χ2n) is 3.71. The van der Waals surface area contributed by atoms with Gasteiger partial charge in [0.2, 0.25) is 0 Å². The first kappa shape index (κ1) is 12.6. The molecule has 0 aliphatic carbocycles. The minimum Gasteiger partial charge on any atom is -0.393 e. The van der Waals surface area contributed by atoms with Crippen LogP contribution in [0.3, 0.4) is 0 Å². The van der Waals surface area contributed by atoms with Gasteiger partial charge in [-0.1, -0.05) is 22.0 Å². The van der Waals surface area contributed by atoms with Crippen LogP contribution in [0.4, 0.5) is 10.1 Å². The minimum absolute atomic E-state index is 0.00106. The van der Waals surface area contributed by atoms with Crippen LogP contribution < -0.4 is 17.0 Å². The van der Waals surface area contributed by atoms with Gasteiger partial charge in [0.1, 0.15) is 11.5 Å². The summed E-state index contributed by atoms with van der Waals surface area (Å²) in [6, 6.07) is 4.51. The molecule has 0 unspecified atom stereocenters. The van der Waals surface area contributed by atoms with Crippen LogP contribution in [0.2, 0.25) is 0 Å². The fraction of sp³-hybridized carbons (Fsp3) is 0.0909. The topological polar surface area (TPSA) is 80.9 Å². The number of nitrogens with zero attached hydrogens (tertiary/aromatic N) is 1. The lowest BCUT2D eigenvalue weighted by atomic mass is 10.2. The van der Waals surface area contributed by atoms with E-state index >= 15 is 0 Å². The molecule has 0 aliphatic rings. The Morgan fingerprint density at radius 3 is 2.78 bits per heavy atom. The Morgan fingerprint density at radius 2 is 2.11 bits per heavy atom. The van der Waals surface area contributed by atoms with Crippen LogP contribution in [0, 0.1) is 5.82 Å². The van der Waals surface area contributed by atoms with Crippen LogP contribution in [0.1, 0.15) is 5.56 Å². The molecule has 0 amide bonds. The molecule has 2 aromatic rings. The van der Waals surface area contributed by atoms with E-state index in [0.29, 0.717) is 10.0 Å². The lowest BCUT2D eigenvalue weighted by molar-refractivity contribution is 0.592. The molecule has 1 aromatic carbocycles. The third kappa shape index (κ3) is 2.51. The zero-order valence-electron chi connectivity index (χ0n) is 9.11. The largest absolute Gasteiger partial charge is 0.393 e. The summed E-state index contributed by atoms with van der Waals surface area (Å²) in [5, 5.41) is 0. The van der Waals surface area contributed by atoms with Crippen molar-refractivity contribution in [3.63, 3.8) is 0 Å². The van der Waals surface area contributed by atoms with Gasteiger partial charge in [-0.15, -0.1) is 0 Å². The van der Waals surface area contributed by atoms with Gasteiger partial charge >= 0.3 is 5.69 Å².